The van der Waals surface area contributed by atoms with E-state index < -0.39 is 0 Å². The predicted octanol–water partition coefficient (Wildman–Crippen LogP) is 3.70. The van der Waals surface area contributed by atoms with Crippen molar-refractivity contribution in [2.75, 3.05) is 0 Å². The number of halogens is 1. The van der Waals surface area contributed by atoms with E-state index in [1.807, 2.05) is 45.9 Å². The smallest absolute Gasteiger partial charge is 0.158 e. The van der Waals surface area contributed by atoms with Crippen LogP contribution in [0.15, 0.2) is 61.2 Å². The lowest BCUT2D eigenvalue weighted by molar-refractivity contribution is 0.440. The Balaban J connectivity index is 1.73. The van der Waals surface area contributed by atoms with Crippen LogP contribution in [0.25, 0.3) is 22.4 Å². The van der Waals surface area contributed by atoms with Crippen LogP contribution in [0.3, 0.4) is 0 Å². The second kappa shape index (κ2) is 5.88. The summed E-state index contributed by atoms with van der Waals surface area (Å²) in [5.41, 5.74) is 1.02. The molecule has 0 unspecified atom stereocenters. The van der Waals surface area contributed by atoms with Crippen LogP contribution < -0.4 is 0 Å². The first-order chi connectivity index (χ1) is 11.7. The van der Waals surface area contributed by atoms with Gasteiger partial charge in [-0.05, 0) is 25.1 Å². The number of hydrogen-bond donors (Lipinski definition) is 0. The van der Waals surface area contributed by atoms with Gasteiger partial charge in [-0.2, -0.15) is 5.10 Å². The quantitative estimate of drug-likeness (QED) is 0.576. The predicted molar refractivity (Wildman–Crippen MR) is 89.9 cm³/mol. The third kappa shape index (κ3) is 2.56. The summed E-state index contributed by atoms with van der Waals surface area (Å²) in [5.74, 6) is 0.400. The van der Waals surface area contributed by atoms with Crippen LogP contribution in [-0.4, -0.2) is 24.3 Å². The van der Waals surface area contributed by atoms with Crippen LogP contribution in [-0.2, 0) is 6.54 Å². The standard InChI is InChI=1S/C18H16FN5/c1-13(12-23-10-3-8-21-23)24-11-9-20-18(24)16-7-6-14-4-2-5-15(19)17(14)22-16/h2-11,13H,12H2,1H3/t13-/m1/s1. The topological polar surface area (TPSA) is 48.5 Å². The van der Waals surface area contributed by atoms with E-state index in [1.54, 1.807) is 18.5 Å². The number of nitrogens with zero attached hydrogens (tertiary/aromatic N) is 5. The van der Waals surface area contributed by atoms with Gasteiger partial charge < -0.3 is 4.57 Å². The van der Waals surface area contributed by atoms with Crippen LogP contribution in [0.5, 0.6) is 0 Å². The first kappa shape index (κ1) is 14.6. The molecular formula is C18H16FN5. The molecule has 5 nitrogen and oxygen atoms in total. The highest BCUT2D eigenvalue weighted by atomic mass is 19.1. The van der Waals surface area contributed by atoms with Gasteiger partial charge in [-0.1, -0.05) is 18.2 Å². The average molecular weight is 321 g/mol. The van der Waals surface area contributed by atoms with E-state index in [0.717, 1.165) is 17.8 Å². The molecule has 0 aliphatic heterocycles. The van der Waals surface area contributed by atoms with E-state index in [0.29, 0.717) is 11.2 Å². The molecular weight excluding hydrogens is 305 g/mol. The molecule has 0 fully saturated rings. The Bertz CT molecular complexity index is 974. The van der Waals surface area contributed by atoms with Gasteiger partial charge in [0.2, 0.25) is 0 Å². The van der Waals surface area contributed by atoms with E-state index in [4.69, 9.17) is 0 Å². The van der Waals surface area contributed by atoms with Gasteiger partial charge in [0.1, 0.15) is 17.0 Å². The lowest BCUT2D eigenvalue weighted by atomic mass is 10.2. The zero-order chi connectivity index (χ0) is 16.5. The number of hydrogen-bond acceptors (Lipinski definition) is 3. The number of benzene rings is 1. The Morgan fingerprint density at radius 1 is 1.08 bits per heavy atom. The summed E-state index contributed by atoms with van der Waals surface area (Å²) in [5, 5.41) is 5.02. The van der Waals surface area contributed by atoms with Crippen molar-refractivity contribution in [2.24, 2.45) is 0 Å². The second-order valence-electron chi connectivity index (χ2n) is 5.74. The number of pyridine rings is 1. The van der Waals surface area contributed by atoms with E-state index in [-0.39, 0.29) is 11.9 Å². The summed E-state index contributed by atoms with van der Waals surface area (Å²) >= 11 is 0. The normalized spacial score (nSPS) is 12.6. The first-order valence-corrected chi connectivity index (χ1v) is 7.78. The SMILES string of the molecule is C[C@H](Cn1cccn1)n1ccnc1-c1ccc2cccc(F)c2n1. The third-order valence-electron chi connectivity index (χ3n) is 4.05. The fraction of sp³-hybridized carbons (Fsp3) is 0.167. The minimum Gasteiger partial charge on any atom is -0.325 e. The van der Waals surface area contributed by atoms with Gasteiger partial charge in [0.25, 0.3) is 0 Å². The van der Waals surface area contributed by atoms with Crippen LogP contribution in [0.2, 0.25) is 0 Å². The van der Waals surface area contributed by atoms with Gasteiger partial charge in [-0.3, -0.25) is 4.68 Å². The first-order valence-electron chi connectivity index (χ1n) is 7.78. The molecule has 0 amide bonds. The van der Waals surface area contributed by atoms with Gasteiger partial charge in [0, 0.05) is 30.2 Å². The Labute approximate surface area is 138 Å². The highest BCUT2D eigenvalue weighted by Gasteiger charge is 2.14. The van der Waals surface area contributed by atoms with Crippen molar-refractivity contribution >= 4 is 10.9 Å². The largest absolute Gasteiger partial charge is 0.325 e. The molecule has 1 atom stereocenters. The van der Waals surface area contributed by atoms with Crippen molar-refractivity contribution in [1.82, 2.24) is 24.3 Å². The van der Waals surface area contributed by atoms with E-state index in [9.17, 15) is 4.39 Å². The molecule has 6 heteroatoms. The summed E-state index contributed by atoms with van der Waals surface area (Å²) in [7, 11) is 0. The summed E-state index contributed by atoms with van der Waals surface area (Å²) in [6.07, 6.45) is 7.34. The lowest BCUT2D eigenvalue weighted by Crippen LogP contribution is -2.14. The average Bonchev–Trinajstić information content (AvgIpc) is 3.26. The molecule has 4 aromatic rings. The van der Waals surface area contributed by atoms with Crippen molar-refractivity contribution < 1.29 is 4.39 Å². The summed E-state index contributed by atoms with van der Waals surface area (Å²) in [4.78, 5) is 8.90. The molecule has 3 aromatic heterocycles. The minimum atomic E-state index is -0.322. The van der Waals surface area contributed by atoms with E-state index in [2.05, 4.69) is 22.0 Å². The Hall–Kier alpha value is -3.02. The molecule has 0 N–H and O–H groups in total. The van der Waals surface area contributed by atoms with E-state index in [1.165, 1.54) is 6.07 Å². The van der Waals surface area contributed by atoms with Gasteiger partial charge in [-0.15, -0.1) is 0 Å². The van der Waals surface area contributed by atoms with E-state index >= 15 is 0 Å². The van der Waals surface area contributed by atoms with Gasteiger partial charge in [0.05, 0.1) is 12.6 Å². The highest BCUT2D eigenvalue weighted by molar-refractivity contribution is 5.81. The van der Waals surface area contributed by atoms with Gasteiger partial charge >= 0.3 is 0 Å². The fourth-order valence-electron chi connectivity index (χ4n) is 2.87. The molecule has 24 heavy (non-hydrogen) atoms. The molecule has 0 radical (unpaired) electrons. The maximum absolute atomic E-state index is 14.0. The number of para-hydroxylation sites is 1. The number of rotatable bonds is 4. The molecule has 0 bridgehead atoms. The van der Waals surface area contributed by atoms with Gasteiger partial charge in [0.15, 0.2) is 5.82 Å². The zero-order valence-corrected chi connectivity index (χ0v) is 13.2. The highest BCUT2D eigenvalue weighted by Crippen LogP contribution is 2.24. The van der Waals surface area contributed by atoms with Crippen LogP contribution in [0.4, 0.5) is 4.39 Å². The van der Waals surface area contributed by atoms with Crippen molar-refractivity contribution in [1.29, 1.82) is 0 Å². The number of fused-ring (bicyclic) bond motifs is 1. The number of aromatic nitrogens is 5. The molecule has 0 saturated carbocycles. The Kier molecular flexibility index (Phi) is 3.57. The van der Waals surface area contributed by atoms with Crippen molar-refractivity contribution in [2.45, 2.75) is 19.5 Å². The Morgan fingerprint density at radius 2 is 2.00 bits per heavy atom. The molecule has 0 aliphatic carbocycles. The summed E-state index contributed by atoms with van der Waals surface area (Å²) in [6.45, 7) is 2.81. The van der Waals surface area contributed by atoms with Crippen LogP contribution in [0, 0.1) is 5.82 Å². The molecule has 120 valence electrons. The summed E-state index contributed by atoms with van der Waals surface area (Å²) < 4.78 is 17.9. The Morgan fingerprint density at radius 3 is 2.83 bits per heavy atom. The van der Waals surface area contributed by atoms with Crippen molar-refractivity contribution in [3.8, 4) is 11.5 Å². The minimum absolute atomic E-state index is 0.139. The monoisotopic (exact) mass is 321 g/mol. The van der Waals surface area contributed by atoms with Crippen molar-refractivity contribution in [3.63, 3.8) is 0 Å². The van der Waals surface area contributed by atoms with Crippen LogP contribution >= 0.6 is 0 Å². The molecule has 0 spiro atoms. The zero-order valence-electron chi connectivity index (χ0n) is 13.2. The lowest BCUT2D eigenvalue weighted by Gasteiger charge is -2.16. The molecule has 0 aliphatic rings. The van der Waals surface area contributed by atoms with Gasteiger partial charge in [-0.25, -0.2) is 14.4 Å². The van der Waals surface area contributed by atoms with Crippen molar-refractivity contribution in [3.05, 3.63) is 67.0 Å². The molecule has 0 saturated heterocycles. The van der Waals surface area contributed by atoms with Crippen LogP contribution in [0.1, 0.15) is 13.0 Å². The molecule has 3 heterocycles. The summed E-state index contributed by atoms with van der Waals surface area (Å²) in [6, 6.07) is 10.7. The number of imidazole rings is 1. The third-order valence-corrected chi connectivity index (χ3v) is 4.05. The maximum atomic E-state index is 14.0. The maximum Gasteiger partial charge on any atom is 0.158 e. The fourth-order valence-corrected chi connectivity index (χ4v) is 2.87. The molecule has 1 aromatic carbocycles. The molecule has 4 rings (SSSR count). The second-order valence-corrected chi connectivity index (χ2v) is 5.74.